The lowest BCUT2D eigenvalue weighted by Crippen LogP contribution is -2.24. The quantitative estimate of drug-likeness (QED) is 0.770. The number of benzene rings is 1. The van der Waals surface area contributed by atoms with Crippen LogP contribution in [0.4, 0.5) is 4.39 Å². The second-order valence-corrected chi connectivity index (χ2v) is 4.75. The summed E-state index contributed by atoms with van der Waals surface area (Å²) in [5, 5.41) is 11.1. The van der Waals surface area contributed by atoms with E-state index in [9.17, 15) is 14.0 Å². The number of carboxylic acid groups (broad SMARTS) is 1. The van der Waals surface area contributed by atoms with E-state index in [1.807, 2.05) is 0 Å². The number of furan rings is 1. The van der Waals surface area contributed by atoms with Gasteiger partial charge in [-0.05, 0) is 37.1 Å². The van der Waals surface area contributed by atoms with Gasteiger partial charge < -0.3 is 14.8 Å². The summed E-state index contributed by atoms with van der Waals surface area (Å²) in [6, 6.07) is 9.17. The van der Waals surface area contributed by atoms with Crippen molar-refractivity contribution in [3.8, 4) is 11.3 Å². The normalized spacial score (nSPS) is 10.4. The summed E-state index contributed by atoms with van der Waals surface area (Å²) in [5.74, 6) is -1.30. The Morgan fingerprint density at radius 2 is 1.91 bits per heavy atom. The van der Waals surface area contributed by atoms with Crippen LogP contribution in [0, 0.1) is 5.82 Å². The Kier molecular flexibility index (Phi) is 5.30. The van der Waals surface area contributed by atoms with E-state index in [1.165, 1.54) is 18.2 Å². The van der Waals surface area contributed by atoms with E-state index < -0.39 is 17.7 Å². The third-order valence-corrected chi connectivity index (χ3v) is 3.07. The lowest BCUT2D eigenvalue weighted by molar-refractivity contribution is -0.137. The number of carboxylic acids is 1. The van der Waals surface area contributed by atoms with Gasteiger partial charge in [-0.3, -0.25) is 9.59 Å². The summed E-state index contributed by atoms with van der Waals surface area (Å²) in [5.41, 5.74) is 0.294. The number of hydrogen-bond acceptors (Lipinski definition) is 3. The van der Waals surface area contributed by atoms with Crippen LogP contribution < -0.4 is 5.32 Å². The molecular formula is C16H16FNO4. The van der Waals surface area contributed by atoms with Crippen LogP contribution in [0.15, 0.2) is 40.8 Å². The Morgan fingerprint density at radius 1 is 1.14 bits per heavy atom. The first-order chi connectivity index (χ1) is 10.6. The van der Waals surface area contributed by atoms with Gasteiger partial charge in [-0.15, -0.1) is 0 Å². The second-order valence-electron chi connectivity index (χ2n) is 4.75. The van der Waals surface area contributed by atoms with Gasteiger partial charge in [0.25, 0.3) is 5.91 Å². The second kappa shape index (κ2) is 7.40. The molecule has 0 aliphatic rings. The molecule has 0 saturated heterocycles. The number of carbonyl (C=O) groups is 2. The van der Waals surface area contributed by atoms with Crippen LogP contribution in [-0.4, -0.2) is 23.5 Å². The fraction of sp³-hybridized carbons (Fsp3) is 0.250. The number of unbranched alkanes of at least 4 members (excludes halogenated alkanes) is 1. The molecule has 5 nitrogen and oxygen atoms in total. The predicted molar refractivity (Wildman–Crippen MR) is 77.9 cm³/mol. The van der Waals surface area contributed by atoms with E-state index in [2.05, 4.69) is 5.32 Å². The molecule has 0 atom stereocenters. The van der Waals surface area contributed by atoms with E-state index in [4.69, 9.17) is 9.52 Å². The summed E-state index contributed by atoms with van der Waals surface area (Å²) < 4.78 is 19.0. The molecule has 0 unspecified atom stereocenters. The van der Waals surface area contributed by atoms with Crippen LogP contribution in [0.25, 0.3) is 11.3 Å². The molecule has 6 heteroatoms. The van der Waals surface area contributed by atoms with Gasteiger partial charge in [0.1, 0.15) is 11.6 Å². The number of halogens is 1. The molecule has 0 aliphatic carbocycles. The van der Waals surface area contributed by atoms with Gasteiger partial charge in [-0.2, -0.15) is 0 Å². The van der Waals surface area contributed by atoms with E-state index >= 15 is 0 Å². The van der Waals surface area contributed by atoms with Crippen LogP contribution in [0.5, 0.6) is 0 Å². The zero-order valence-corrected chi connectivity index (χ0v) is 11.8. The lowest BCUT2D eigenvalue weighted by atomic mass is 10.1. The number of amides is 1. The molecule has 1 aromatic carbocycles. The molecule has 0 spiro atoms. The average molecular weight is 305 g/mol. The first-order valence-electron chi connectivity index (χ1n) is 6.92. The Morgan fingerprint density at radius 3 is 2.64 bits per heavy atom. The van der Waals surface area contributed by atoms with Crippen molar-refractivity contribution in [2.75, 3.05) is 6.54 Å². The van der Waals surface area contributed by atoms with Gasteiger partial charge in [0.2, 0.25) is 0 Å². The fourth-order valence-corrected chi connectivity index (χ4v) is 1.96. The average Bonchev–Trinajstić information content (AvgIpc) is 2.96. The molecule has 2 N–H and O–H groups in total. The highest BCUT2D eigenvalue weighted by atomic mass is 19.1. The monoisotopic (exact) mass is 305 g/mol. The van der Waals surface area contributed by atoms with Gasteiger partial charge in [0.05, 0.1) is 5.56 Å². The Bertz CT molecular complexity index is 666. The van der Waals surface area contributed by atoms with Crippen molar-refractivity contribution in [2.45, 2.75) is 19.3 Å². The van der Waals surface area contributed by atoms with Crippen molar-refractivity contribution in [3.63, 3.8) is 0 Å². The standard InChI is InChI=1S/C16H16FNO4/c17-12-6-2-1-5-11(12)13-8-9-14(22-13)16(21)18-10-4-3-7-15(19)20/h1-2,5-6,8-9H,3-4,7,10H2,(H,18,21)(H,19,20). The van der Waals surface area contributed by atoms with Crippen LogP contribution >= 0.6 is 0 Å². The number of hydrogen-bond donors (Lipinski definition) is 2. The van der Waals surface area contributed by atoms with Crippen LogP contribution in [-0.2, 0) is 4.79 Å². The summed E-state index contributed by atoms with van der Waals surface area (Å²) in [7, 11) is 0. The summed E-state index contributed by atoms with van der Waals surface area (Å²) in [4.78, 5) is 22.2. The van der Waals surface area contributed by atoms with Gasteiger partial charge in [-0.25, -0.2) is 4.39 Å². The molecule has 1 aromatic heterocycles. The highest BCUT2D eigenvalue weighted by Gasteiger charge is 2.13. The van der Waals surface area contributed by atoms with E-state index in [1.54, 1.807) is 18.2 Å². The Balaban J connectivity index is 1.90. The Labute approximate surface area is 126 Å². The zero-order chi connectivity index (χ0) is 15.9. The van der Waals surface area contributed by atoms with Crippen LogP contribution in [0.1, 0.15) is 29.8 Å². The molecule has 116 valence electrons. The van der Waals surface area contributed by atoms with E-state index in [0.717, 1.165) is 0 Å². The maximum Gasteiger partial charge on any atom is 0.303 e. The maximum absolute atomic E-state index is 13.6. The van der Waals surface area contributed by atoms with Gasteiger partial charge in [-0.1, -0.05) is 12.1 Å². The minimum atomic E-state index is -0.855. The molecule has 2 aromatic rings. The molecule has 2 rings (SSSR count). The molecule has 1 heterocycles. The van der Waals surface area contributed by atoms with Crippen molar-refractivity contribution in [1.82, 2.24) is 5.32 Å². The van der Waals surface area contributed by atoms with Crippen molar-refractivity contribution in [1.29, 1.82) is 0 Å². The largest absolute Gasteiger partial charge is 0.481 e. The third-order valence-electron chi connectivity index (χ3n) is 3.07. The number of rotatable bonds is 7. The molecule has 0 bridgehead atoms. The zero-order valence-electron chi connectivity index (χ0n) is 11.8. The first-order valence-corrected chi connectivity index (χ1v) is 6.92. The molecule has 0 radical (unpaired) electrons. The van der Waals surface area contributed by atoms with Gasteiger partial charge in [0, 0.05) is 13.0 Å². The molecular weight excluding hydrogens is 289 g/mol. The third kappa shape index (κ3) is 4.18. The number of nitrogens with one attached hydrogen (secondary N) is 1. The van der Waals surface area contributed by atoms with Crippen molar-refractivity contribution in [2.24, 2.45) is 0 Å². The molecule has 1 amide bonds. The van der Waals surface area contributed by atoms with Gasteiger partial charge in [0.15, 0.2) is 5.76 Å². The highest BCUT2D eigenvalue weighted by molar-refractivity contribution is 5.92. The van der Waals surface area contributed by atoms with Crippen molar-refractivity contribution >= 4 is 11.9 Å². The maximum atomic E-state index is 13.6. The highest BCUT2D eigenvalue weighted by Crippen LogP contribution is 2.24. The molecule has 0 saturated carbocycles. The van der Waals surface area contributed by atoms with Gasteiger partial charge >= 0.3 is 5.97 Å². The summed E-state index contributed by atoms with van der Waals surface area (Å²) in [6.07, 6.45) is 1.14. The van der Waals surface area contributed by atoms with E-state index in [-0.39, 0.29) is 17.9 Å². The molecule has 0 aliphatic heterocycles. The van der Waals surface area contributed by atoms with Crippen molar-refractivity contribution < 1.29 is 23.5 Å². The van der Waals surface area contributed by atoms with E-state index in [0.29, 0.717) is 24.9 Å². The minimum Gasteiger partial charge on any atom is -0.481 e. The Hall–Kier alpha value is -2.63. The number of carbonyl (C=O) groups excluding carboxylic acids is 1. The lowest BCUT2D eigenvalue weighted by Gasteiger charge is -2.02. The SMILES string of the molecule is O=C(O)CCCCNC(=O)c1ccc(-c2ccccc2F)o1. The summed E-state index contributed by atoms with van der Waals surface area (Å²) >= 11 is 0. The topological polar surface area (TPSA) is 79.5 Å². The predicted octanol–water partition coefficient (Wildman–Crippen LogP) is 3.07. The smallest absolute Gasteiger partial charge is 0.303 e. The molecule has 0 fully saturated rings. The minimum absolute atomic E-state index is 0.0774. The number of aliphatic carboxylic acids is 1. The fourth-order valence-electron chi connectivity index (χ4n) is 1.96. The first kappa shape index (κ1) is 15.8. The molecule has 22 heavy (non-hydrogen) atoms. The van der Waals surface area contributed by atoms with Crippen LogP contribution in [0.3, 0.4) is 0 Å². The summed E-state index contributed by atoms with van der Waals surface area (Å²) in [6.45, 7) is 0.363. The van der Waals surface area contributed by atoms with Crippen LogP contribution in [0.2, 0.25) is 0 Å². The van der Waals surface area contributed by atoms with Crippen molar-refractivity contribution in [3.05, 3.63) is 48.0 Å².